The highest BCUT2D eigenvalue weighted by molar-refractivity contribution is 6.50. The highest BCUT2D eigenvalue weighted by Crippen LogP contribution is 2.50. The zero-order chi connectivity index (χ0) is 46.8. The van der Waals surface area contributed by atoms with Gasteiger partial charge in [-0.25, -0.2) is 0 Å². The van der Waals surface area contributed by atoms with Crippen molar-refractivity contribution in [2.75, 3.05) is 15.1 Å². The quantitative estimate of drug-likeness (QED) is 0.155. The molecule has 0 unspecified atom stereocenters. The molecule has 0 radical (unpaired) electrons. The SMILES string of the molecule is CC(=O)O[C@@H]1[C@@H](OC(C)=O)[C@H](C)O[C@H](N2C(=O)/C(=C3/C(=O)N([C@H]4O[C@@H](C)[C@H](OC(C)=O)[C@@H](OC(C)=O)[C@H]4OC(C)=O)c4ccc(C)cc43)c3cc(C)ccc32)[C@@H]1OC(C)=O.ClCCl. The maximum absolute atomic E-state index is 15.3. The summed E-state index contributed by atoms with van der Waals surface area (Å²) in [5.74, 6) is -6.23. The average Bonchev–Trinajstić information content (AvgIpc) is 3.60. The van der Waals surface area contributed by atoms with Crippen LogP contribution in [-0.4, -0.2) is 114 Å². The number of aryl methyl sites for hydroxylation is 2. The summed E-state index contributed by atoms with van der Waals surface area (Å²) in [5, 5.41) is 0.194. The van der Waals surface area contributed by atoms with E-state index in [1.807, 2.05) is 0 Å². The summed E-state index contributed by atoms with van der Waals surface area (Å²) in [4.78, 5) is 108. The summed E-state index contributed by atoms with van der Waals surface area (Å²) in [6, 6.07) is 10.1. The Morgan fingerprint density at radius 1 is 0.508 bits per heavy atom. The molecule has 0 N–H and O–H groups in total. The van der Waals surface area contributed by atoms with E-state index in [1.165, 1.54) is 23.6 Å². The molecule has 0 aromatic heterocycles. The monoisotopic (exact) mass is 918 g/mol. The van der Waals surface area contributed by atoms with Crippen LogP contribution in [-0.2, 0) is 76.3 Å². The molecule has 20 heteroatoms. The Morgan fingerprint density at radius 3 is 1.06 bits per heavy atom. The molecular weight excluding hydrogens is 871 g/mol. The number of fused-ring (bicyclic) bond motifs is 2. The van der Waals surface area contributed by atoms with Gasteiger partial charge in [0.25, 0.3) is 11.8 Å². The number of esters is 6. The molecule has 2 aromatic carbocycles. The van der Waals surface area contributed by atoms with E-state index in [0.29, 0.717) is 22.3 Å². The number of rotatable bonds is 8. The Morgan fingerprint density at radius 2 is 0.778 bits per heavy atom. The van der Waals surface area contributed by atoms with Crippen LogP contribution < -0.4 is 9.80 Å². The first kappa shape index (κ1) is 48.5. The summed E-state index contributed by atoms with van der Waals surface area (Å²) in [6.07, 6.45) is -13.5. The number of hydrogen-bond donors (Lipinski definition) is 0. The standard InChI is InChI=1S/C42H46N2O16.CH2Cl2/c1-17-11-13-29-27(15-17)31(39(51)43(29)41-37(59-25(9)49)35(57-23(7)47)33(19(3)53-41)55-21(5)45)32-28-16-18(2)12-14-30(28)44(40(32)52)42-38(60-26(10)50)36(58-24(8)48)34(20(4)54-42)56-22(6)46;2-1-3/h11-16,19-20,33-38,41-42H,1-10H3;1H2/b32-31+;/t19-,20-,33-,34-,35+,36+,37+,38+,41-,42-;/m0./s1. The van der Waals surface area contributed by atoms with E-state index in [2.05, 4.69) is 0 Å². The van der Waals surface area contributed by atoms with Crippen LogP contribution in [0.1, 0.15) is 77.6 Å². The van der Waals surface area contributed by atoms with Gasteiger partial charge in [0.15, 0.2) is 49.1 Å². The third kappa shape index (κ3) is 10.1. The van der Waals surface area contributed by atoms with Gasteiger partial charge in [0.1, 0.15) is 0 Å². The second kappa shape index (κ2) is 19.9. The number of anilines is 2. The number of nitrogens with zero attached hydrogens (tertiary/aromatic N) is 2. The molecular formula is C43H48Cl2N2O16. The van der Waals surface area contributed by atoms with E-state index in [0.717, 1.165) is 41.5 Å². The minimum atomic E-state index is -1.54. The van der Waals surface area contributed by atoms with E-state index in [4.69, 9.17) is 61.1 Å². The zero-order valence-corrected chi connectivity index (χ0v) is 37.6. The van der Waals surface area contributed by atoms with Crippen molar-refractivity contribution in [3.8, 4) is 0 Å². The first-order valence-electron chi connectivity index (χ1n) is 19.7. The number of carbonyl (C=O) groups is 8. The van der Waals surface area contributed by atoms with Crippen LogP contribution in [0.3, 0.4) is 0 Å². The average molecular weight is 920 g/mol. The number of benzene rings is 2. The lowest BCUT2D eigenvalue weighted by atomic mass is 9.94. The number of ether oxygens (including phenoxy) is 8. The highest BCUT2D eigenvalue weighted by atomic mass is 35.5. The fourth-order valence-corrected chi connectivity index (χ4v) is 8.19. The van der Waals surface area contributed by atoms with Gasteiger partial charge in [-0.2, -0.15) is 0 Å². The molecule has 2 saturated heterocycles. The molecule has 4 aliphatic rings. The summed E-state index contributed by atoms with van der Waals surface area (Å²) < 4.78 is 46.3. The molecule has 10 atom stereocenters. The molecule has 2 amide bonds. The molecule has 6 rings (SSSR count). The molecule has 18 nitrogen and oxygen atoms in total. The Labute approximate surface area is 372 Å². The lowest BCUT2D eigenvalue weighted by molar-refractivity contribution is -0.242. The fourth-order valence-electron chi connectivity index (χ4n) is 8.19. The van der Waals surface area contributed by atoms with E-state index in [1.54, 1.807) is 50.2 Å². The van der Waals surface area contributed by atoms with Gasteiger partial charge in [0, 0.05) is 52.7 Å². The van der Waals surface area contributed by atoms with Crippen LogP contribution in [0.15, 0.2) is 36.4 Å². The van der Waals surface area contributed by atoms with Crippen LogP contribution in [0.4, 0.5) is 11.4 Å². The van der Waals surface area contributed by atoms with Crippen molar-refractivity contribution in [2.45, 2.75) is 131 Å². The number of hydrogen-bond acceptors (Lipinski definition) is 16. The first-order valence-corrected chi connectivity index (χ1v) is 20.8. The Balaban J connectivity index is 0.00000242. The largest absolute Gasteiger partial charge is 0.456 e. The zero-order valence-electron chi connectivity index (χ0n) is 36.1. The molecule has 0 bridgehead atoms. The molecule has 2 fully saturated rings. The van der Waals surface area contributed by atoms with Gasteiger partial charge in [0.05, 0.1) is 40.1 Å². The molecule has 340 valence electrons. The molecule has 0 saturated carbocycles. The third-order valence-corrected chi connectivity index (χ3v) is 10.3. The van der Waals surface area contributed by atoms with Crippen molar-refractivity contribution < 1.29 is 76.3 Å². The Hall–Kier alpha value is -5.56. The summed E-state index contributed by atoms with van der Waals surface area (Å²) in [6.45, 7) is 13.4. The van der Waals surface area contributed by atoms with Crippen LogP contribution in [0.25, 0.3) is 11.1 Å². The smallest absolute Gasteiger partial charge is 0.303 e. The van der Waals surface area contributed by atoms with E-state index >= 15 is 9.59 Å². The van der Waals surface area contributed by atoms with Gasteiger partial charge in [-0.1, -0.05) is 23.3 Å². The lowest BCUT2D eigenvalue weighted by Gasteiger charge is -2.46. The second-order valence-electron chi connectivity index (χ2n) is 15.2. The highest BCUT2D eigenvalue weighted by Gasteiger charge is 2.58. The van der Waals surface area contributed by atoms with Gasteiger partial charge in [-0.3, -0.25) is 48.2 Å². The fraction of sp³-hybridized carbons (Fsp3) is 0.488. The Bertz CT molecular complexity index is 2080. The van der Waals surface area contributed by atoms with Gasteiger partial charge in [-0.05, 0) is 52.0 Å². The molecule has 2 aromatic rings. The van der Waals surface area contributed by atoms with Crippen LogP contribution in [0, 0.1) is 13.8 Å². The predicted molar refractivity (Wildman–Crippen MR) is 223 cm³/mol. The van der Waals surface area contributed by atoms with Gasteiger partial charge >= 0.3 is 35.8 Å². The summed E-state index contributed by atoms with van der Waals surface area (Å²) in [5.41, 5.74) is 2.32. The second-order valence-corrected chi connectivity index (χ2v) is 16.0. The van der Waals surface area contributed by atoms with Gasteiger partial charge < -0.3 is 37.9 Å². The molecule has 4 heterocycles. The van der Waals surface area contributed by atoms with Crippen molar-refractivity contribution in [3.63, 3.8) is 0 Å². The van der Waals surface area contributed by atoms with Gasteiger partial charge in [0.2, 0.25) is 0 Å². The van der Waals surface area contributed by atoms with Crippen molar-refractivity contribution in [1.82, 2.24) is 0 Å². The van der Waals surface area contributed by atoms with Crippen LogP contribution in [0.2, 0.25) is 0 Å². The minimum absolute atomic E-state index is 0.0840. The van der Waals surface area contributed by atoms with Crippen LogP contribution >= 0.6 is 23.2 Å². The summed E-state index contributed by atoms with van der Waals surface area (Å²) >= 11 is 9.53. The van der Waals surface area contributed by atoms with Gasteiger partial charge in [-0.15, -0.1) is 23.2 Å². The summed E-state index contributed by atoms with van der Waals surface area (Å²) in [7, 11) is 0. The maximum Gasteiger partial charge on any atom is 0.303 e. The van der Waals surface area contributed by atoms with E-state index < -0.39 is 109 Å². The number of alkyl halides is 2. The van der Waals surface area contributed by atoms with Crippen molar-refractivity contribution in [2.24, 2.45) is 0 Å². The Kier molecular flexibility index (Phi) is 15.3. The number of carbonyl (C=O) groups excluding carboxylic acids is 8. The number of halogens is 2. The lowest BCUT2D eigenvalue weighted by Crippen LogP contribution is -2.65. The van der Waals surface area contributed by atoms with Crippen LogP contribution in [0.5, 0.6) is 0 Å². The minimum Gasteiger partial charge on any atom is -0.456 e. The molecule has 0 aliphatic carbocycles. The normalized spacial score (nSPS) is 28.4. The third-order valence-electron chi connectivity index (χ3n) is 10.3. The van der Waals surface area contributed by atoms with E-state index in [-0.39, 0.29) is 27.9 Å². The molecule has 63 heavy (non-hydrogen) atoms. The number of amides is 2. The van der Waals surface area contributed by atoms with Crippen molar-refractivity contribution in [3.05, 3.63) is 58.7 Å². The predicted octanol–water partition coefficient (Wildman–Crippen LogP) is 4.41. The molecule has 4 aliphatic heterocycles. The van der Waals surface area contributed by atoms with Crippen molar-refractivity contribution in [1.29, 1.82) is 0 Å². The maximum atomic E-state index is 15.3. The van der Waals surface area contributed by atoms with Crippen molar-refractivity contribution >= 4 is 93.4 Å². The first-order chi connectivity index (χ1) is 29.6. The topological polar surface area (TPSA) is 217 Å². The molecule has 0 spiro atoms. The van der Waals surface area contributed by atoms with E-state index in [9.17, 15) is 28.8 Å².